The first-order valence-corrected chi connectivity index (χ1v) is 7.46. The van der Waals surface area contributed by atoms with E-state index in [1.807, 2.05) is 0 Å². The van der Waals surface area contributed by atoms with Crippen LogP contribution in [0.5, 0.6) is 0 Å². The van der Waals surface area contributed by atoms with Crippen LogP contribution in [0.25, 0.3) is 0 Å². The average Bonchev–Trinajstić information content (AvgIpc) is 2.72. The van der Waals surface area contributed by atoms with Gasteiger partial charge in [-0.25, -0.2) is 0 Å². The fourth-order valence-electron chi connectivity index (χ4n) is 3.15. The molecule has 3 unspecified atom stereocenters. The van der Waals surface area contributed by atoms with E-state index >= 15 is 0 Å². The van der Waals surface area contributed by atoms with E-state index in [0.717, 1.165) is 23.8 Å². The molecule has 16 heavy (non-hydrogen) atoms. The third kappa shape index (κ3) is 2.74. The molecule has 3 heteroatoms. The predicted octanol–water partition coefficient (Wildman–Crippen LogP) is 2.11. The van der Waals surface area contributed by atoms with E-state index in [-0.39, 0.29) is 0 Å². The standard InChI is InChI=1S/C13H26N2S/c1-3-12(10-16)8-15-9-13-5-4-6-14(13)7-11(15)2/h11-13,16H,3-10H2,1-2H3. The first kappa shape index (κ1) is 12.7. The smallest absolute Gasteiger partial charge is 0.0224 e. The van der Waals surface area contributed by atoms with Crippen molar-refractivity contribution < 1.29 is 0 Å². The molecule has 2 rings (SSSR count). The van der Waals surface area contributed by atoms with Crippen molar-refractivity contribution in [2.45, 2.75) is 45.2 Å². The van der Waals surface area contributed by atoms with Crippen LogP contribution in [0, 0.1) is 5.92 Å². The molecule has 0 saturated carbocycles. The second-order valence-electron chi connectivity index (χ2n) is 5.55. The maximum atomic E-state index is 4.46. The van der Waals surface area contributed by atoms with Gasteiger partial charge in [0.1, 0.15) is 0 Å². The topological polar surface area (TPSA) is 6.48 Å². The van der Waals surface area contributed by atoms with Gasteiger partial charge < -0.3 is 0 Å². The monoisotopic (exact) mass is 242 g/mol. The van der Waals surface area contributed by atoms with Crippen LogP contribution in [-0.4, -0.2) is 53.8 Å². The molecule has 2 heterocycles. The lowest BCUT2D eigenvalue weighted by Gasteiger charge is -2.43. The summed E-state index contributed by atoms with van der Waals surface area (Å²) in [5, 5.41) is 0. The van der Waals surface area contributed by atoms with Gasteiger partial charge in [0.05, 0.1) is 0 Å². The largest absolute Gasteiger partial charge is 0.298 e. The van der Waals surface area contributed by atoms with Gasteiger partial charge in [-0.05, 0) is 38.0 Å². The Bertz CT molecular complexity index is 216. The Kier molecular flexibility index (Phi) is 4.57. The summed E-state index contributed by atoms with van der Waals surface area (Å²) in [5.41, 5.74) is 0. The van der Waals surface area contributed by atoms with Crippen LogP contribution < -0.4 is 0 Å². The van der Waals surface area contributed by atoms with Crippen molar-refractivity contribution in [1.82, 2.24) is 9.80 Å². The highest BCUT2D eigenvalue weighted by Gasteiger charge is 2.34. The number of nitrogens with zero attached hydrogens (tertiary/aromatic N) is 2. The molecule has 2 saturated heterocycles. The Balaban J connectivity index is 1.89. The second kappa shape index (κ2) is 5.74. The van der Waals surface area contributed by atoms with Gasteiger partial charge in [0, 0.05) is 31.7 Å². The van der Waals surface area contributed by atoms with Crippen molar-refractivity contribution in [2.75, 3.05) is 31.9 Å². The second-order valence-corrected chi connectivity index (χ2v) is 5.92. The minimum atomic E-state index is 0.739. The van der Waals surface area contributed by atoms with E-state index < -0.39 is 0 Å². The van der Waals surface area contributed by atoms with Gasteiger partial charge in [-0.15, -0.1) is 0 Å². The Morgan fingerprint density at radius 1 is 1.38 bits per heavy atom. The first-order valence-electron chi connectivity index (χ1n) is 6.83. The zero-order chi connectivity index (χ0) is 11.5. The molecule has 2 nitrogen and oxygen atoms in total. The van der Waals surface area contributed by atoms with E-state index in [9.17, 15) is 0 Å². The van der Waals surface area contributed by atoms with E-state index in [1.54, 1.807) is 0 Å². The molecule has 0 aromatic carbocycles. The van der Waals surface area contributed by atoms with Crippen LogP contribution in [0.4, 0.5) is 0 Å². The summed E-state index contributed by atoms with van der Waals surface area (Å²) in [4.78, 5) is 5.40. The van der Waals surface area contributed by atoms with Crippen molar-refractivity contribution in [3.05, 3.63) is 0 Å². The summed E-state index contributed by atoms with van der Waals surface area (Å²) in [5.74, 6) is 1.81. The van der Waals surface area contributed by atoms with E-state index in [2.05, 4.69) is 36.3 Å². The molecule has 0 spiro atoms. The molecule has 0 bridgehead atoms. The predicted molar refractivity (Wildman–Crippen MR) is 73.3 cm³/mol. The fraction of sp³-hybridized carbons (Fsp3) is 1.00. The average molecular weight is 242 g/mol. The van der Waals surface area contributed by atoms with Gasteiger partial charge in [0.2, 0.25) is 0 Å². The lowest BCUT2D eigenvalue weighted by molar-refractivity contribution is 0.0500. The summed E-state index contributed by atoms with van der Waals surface area (Å²) >= 11 is 4.46. The van der Waals surface area contributed by atoms with Gasteiger partial charge in [-0.2, -0.15) is 12.6 Å². The molecule has 0 amide bonds. The molecule has 0 radical (unpaired) electrons. The number of thiol groups is 1. The molecule has 2 fully saturated rings. The summed E-state index contributed by atoms with van der Waals surface area (Å²) in [7, 11) is 0. The third-order valence-corrected chi connectivity index (χ3v) is 4.91. The number of hydrogen-bond acceptors (Lipinski definition) is 3. The molecule has 0 aromatic heterocycles. The highest BCUT2D eigenvalue weighted by Crippen LogP contribution is 2.25. The summed E-state index contributed by atoms with van der Waals surface area (Å²) in [6.07, 6.45) is 4.09. The van der Waals surface area contributed by atoms with Gasteiger partial charge in [-0.1, -0.05) is 13.3 Å². The summed E-state index contributed by atoms with van der Waals surface area (Å²) in [6, 6.07) is 1.59. The molecule has 0 aliphatic carbocycles. The van der Waals surface area contributed by atoms with Gasteiger partial charge in [-0.3, -0.25) is 9.80 Å². The van der Waals surface area contributed by atoms with Crippen molar-refractivity contribution in [3.8, 4) is 0 Å². The molecule has 0 N–H and O–H groups in total. The van der Waals surface area contributed by atoms with Gasteiger partial charge >= 0.3 is 0 Å². The number of piperazine rings is 1. The lowest BCUT2D eigenvalue weighted by Crippen LogP contribution is -2.55. The Morgan fingerprint density at radius 2 is 2.19 bits per heavy atom. The van der Waals surface area contributed by atoms with Crippen LogP contribution in [0.15, 0.2) is 0 Å². The molecule has 2 aliphatic rings. The summed E-state index contributed by atoms with van der Waals surface area (Å²) < 4.78 is 0. The minimum Gasteiger partial charge on any atom is -0.298 e. The normalized spacial score (nSPS) is 33.9. The van der Waals surface area contributed by atoms with Crippen molar-refractivity contribution in [3.63, 3.8) is 0 Å². The Morgan fingerprint density at radius 3 is 2.88 bits per heavy atom. The number of hydrogen-bond donors (Lipinski definition) is 1. The number of rotatable bonds is 4. The van der Waals surface area contributed by atoms with Crippen molar-refractivity contribution in [2.24, 2.45) is 5.92 Å². The zero-order valence-corrected chi connectivity index (χ0v) is 11.6. The fourth-order valence-corrected chi connectivity index (χ4v) is 3.52. The van der Waals surface area contributed by atoms with Crippen molar-refractivity contribution in [1.29, 1.82) is 0 Å². The van der Waals surface area contributed by atoms with Crippen LogP contribution in [0.2, 0.25) is 0 Å². The maximum Gasteiger partial charge on any atom is 0.0224 e. The summed E-state index contributed by atoms with van der Waals surface area (Å²) in [6.45, 7) is 9.86. The van der Waals surface area contributed by atoms with Gasteiger partial charge in [0.15, 0.2) is 0 Å². The SMILES string of the molecule is CCC(CS)CN1CC2CCCN2CC1C. The van der Waals surface area contributed by atoms with E-state index in [4.69, 9.17) is 0 Å². The molecular formula is C13H26N2S. The van der Waals surface area contributed by atoms with Gasteiger partial charge in [0.25, 0.3) is 0 Å². The molecule has 94 valence electrons. The molecule has 0 aromatic rings. The lowest BCUT2D eigenvalue weighted by atomic mass is 10.0. The van der Waals surface area contributed by atoms with E-state index in [1.165, 1.54) is 45.4 Å². The van der Waals surface area contributed by atoms with Crippen LogP contribution >= 0.6 is 12.6 Å². The highest BCUT2D eigenvalue weighted by molar-refractivity contribution is 7.80. The molecule has 3 atom stereocenters. The van der Waals surface area contributed by atoms with Crippen LogP contribution in [-0.2, 0) is 0 Å². The van der Waals surface area contributed by atoms with Crippen molar-refractivity contribution >= 4 is 12.6 Å². The van der Waals surface area contributed by atoms with Crippen LogP contribution in [0.1, 0.15) is 33.1 Å². The van der Waals surface area contributed by atoms with Crippen LogP contribution in [0.3, 0.4) is 0 Å². The molecule has 2 aliphatic heterocycles. The first-order chi connectivity index (χ1) is 7.74. The third-order valence-electron chi connectivity index (χ3n) is 4.39. The van der Waals surface area contributed by atoms with E-state index in [0.29, 0.717) is 0 Å². The highest BCUT2D eigenvalue weighted by atomic mass is 32.1. The zero-order valence-electron chi connectivity index (χ0n) is 10.7. The Labute approximate surface area is 106 Å². The Hall–Kier alpha value is 0.270. The molecular weight excluding hydrogens is 216 g/mol. The quantitative estimate of drug-likeness (QED) is 0.754. The number of fused-ring (bicyclic) bond motifs is 1. The maximum absolute atomic E-state index is 4.46. The minimum absolute atomic E-state index is 0.739.